The number of hydrogen-bond acceptors (Lipinski definition) is 1. The monoisotopic (exact) mass is 208 g/mol. The summed E-state index contributed by atoms with van der Waals surface area (Å²) in [6.07, 6.45) is 1.04. The lowest BCUT2D eigenvalue weighted by Crippen LogP contribution is -1.78. The Hall–Kier alpha value is -0.690. The highest BCUT2D eigenvalue weighted by Crippen LogP contribution is 2.29. The second-order valence-electron chi connectivity index (χ2n) is 2.76. The molecule has 1 aromatic rings. The Morgan fingerprint density at radius 2 is 1.86 bits per heavy atom. The fraction of sp³-hybridized carbons (Fsp3) is 0.385. The average molecular weight is 208 g/mol. The van der Waals surface area contributed by atoms with Gasteiger partial charge in [0.05, 0.1) is 0 Å². The highest BCUT2D eigenvalue weighted by Gasteiger charge is 1.98. The van der Waals surface area contributed by atoms with Crippen LogP contribution in [0.5, 0.6) is 0 Å². The van der Waals surface area contributed by atoms with Crippen LogP contribution in [0.2, 0.25) is 0 Å². The zero-order valence-electron chi connectivity index (χ0n) is 9.63. The molecule has 0 radical (unpaired) electrons. The molecule has 0 aromatic heterocycles. The van der Waals surface area contributed by atoms with Gasteiger partial charge in [-0.05, 0) is 29.9 Å². The van der Waals surface area contributed by atoms with E-state index in [2.05, 4.69) is 44.7 Å². The average Bonchev–Trinajstić information content (AvgIpc) is 2.24. The smallest absolute Gasteiger partial charge is 0.0148 e. The molecule has 0 N–H and O–H groups in total. The molecular weight excluding hydrogens is 188 g/mol. The molecule has 0 aliphatic carbocycles. The largest absolute Gasteiger partial charge is 0.0949 e. The number of rotatable bonds is 3. The zero-order valence-corrected chi connectivity index (χ0v) is 10.4. The van der Waals surface area contributed by atoms with Crippen LogP contribution in [-0.2, 0) is 0 Å². The summed E-state index contributed by atoms with van der Waals surface area (Å²) in [6, 6.07) is 8.40. The minimum atomic E-state index is 1.04. The minimum absolute atomic E-state index is 1.04. The quantitative estimate of drug-likeness (QED) is 0.627. The maximum Gasteiger partial charge on any atom is 0.0148 e. The van der Waals surface area contributed by atoms with E-state index in [1.807, 2.05) is 13.8 Å². The first kappa shape index (κ1) is 13.3. The summed E-state index contributed by atoms with van der Waals surface area (Å²) in [7, 11) is 0. The molecule has 0 aliphatic heterocycles. The van der Waals surface area contributed by atoms with E-state index in [1.54, 1.807) is 11.8 Å². The second-order valence-corrected chi connectivity index (χ2v) is 3.98. The molecule has 0 unspecified atom stereocenters. The fourth-order valence-electron chi connectivity index (χ4n) is 0.899. The second kappa shape index (κ2) is 7.69. The predicted molar refractivity (Wildman–Crippen MR) is 67.8 cm³/mol. The minimum Gasteiger partial charge on any atom is -0.0949 e. The lowest BCUT2D eigenvalue weighted by atomic mass is 10.2. The zero-order chi connectivity index (χ0) is 11.0. The van der Waals surface area contributed by atoms with Crippen molar-refractivity contribution in [2.24, 2.45) is 0 Å². The highest BCUT2D eigenvalue weighted by atomic mass is 32.2. The molecule has 14 heavy (non-hydrogen) atoms. The van der Waals surface area contributed by atoms with Crippen molar-refractivity contribution in [2.45, 2.75) is 39.0 Å². The van der Waals surface area contributed by atoms with E-state index >= 15 is 0 Å². The van der Waals surface area contributed by atoms with Crippen molar-refractivity contribution in [3.63, 3.8) is 0 Å². The maximum absolute atomic E-state index is 3.97. The lowest BCUT2D eigenvalue weighted by Gasteiger charge is -2.04. The van der Waals surface area contributed by atoms with Gasteiger partial charge in [-0.15, -0.1) is 0 Å². The summed E-state index contributed by atoms with van der Waals surface area (Å²) in [5.41, 5.74) is 1.33. The third-order valence-corrected chi connectivity index (χ3v) is 3.00. The van der Waals surface area contributed by atoms with Gasteiger partial charge in [0.25, 0.3) is 0 Å². The van der Waals surface area contributed by atoms with Gasteiger partial charge in [0.15, 0.2) is 0 Å². The molecule has 78 valence electrons. The molecule has 0 heterocycles. The summed E-state index contributed by atoms with van der Waals surface area (Å²) in [4.78, 5) is 2.55. The Morgan fingerprint density at radius 3 is 2.36 bits per heavy atom. The maximum atomic E-state index is 3.97. The molecule has 0 bridgehead atoms. The van der Waals surface area contributed by atoms with Gasteiger partial charge in [-0.3, -0.25) is 0 Å². The van der Waals surface area contributed by atoms with Crippen LogP contribution >= 0.6 is 11.8 Å². The van der Waals surface area contributed by atoms with E-state index in [-0.39, 0.29) is 0 Å². The molecule has 0 fully saturated rings. The lowest BCUT2D eigenvalue weighted by molar-refractivity contribution is 1.20. The van der Waals surface area contributed by atoms with E-state index in [0.29, 0.717) is 0 Å². The Kier molecular flexibility index (Phi) is 7.31. The van der Waals surface area contributed by atoms with Crippen LogP contribution < -0.4 is 0 Å². The van der Waals surface area contributed by atoms with Crippen LogP contribution in [0.3, 0.4) is 0 Å². The number of allylic oxidation sites excluding steroid dienone is 1. The molecule has 0 nitrogen and oxygen atoms in total. The van der Waals surface area contributed by atoms with E-state index in [4.69, 9.17) is 0 Å². The van der Waals surface area contributed by atoms with Gasteiger partial charge in [0, 0.05) is 4.90 Å². The first-order valence-electron chi connectivity index (χ1n) is 5.15. The van der Waals surface area contributed by atoms with Crippen molar-refractivity contribution < 1.29 is 0 Å². The van der Waals surface area contributed by atoms with Crippen molar-refractivity contribution in [3.8, 4) is 0 Å². The van der Waals surface area contributed by atoms with Crippen LogP contribution in [-0.4, -0.2) is 0 Å². The first-order chi connectivity index (χ1) is 6.74. The summed E-state index contributed by atoms with van der Waals surface area (Å²) in [5.74, 6) is 0. The highest BCUT2D eigenvalue weighted by molar-refractivity contribution is 8.03. The molecule has 1 aromatic carbocycles. The van der Waals surface area contributed by atoms with Gasteiger partial charge in [-0.2, -0.15) is 0 Å². The number of hydrogen-bond donors (Lipinski definition) is 0. The molecular formula is C13H20S. The van der Waals surface area contributed by atoms with Gasteiger partial charge in [0.2, 0.25) is 0 Å². The Morgan fingerprint density at radius 1 is 1.29 bits per heavy atom. The van der Waals surface area contributed by atoms with E-state index in [1.165, 1.54) is 15.4 Å². The number of thioether (sulfide) groups is 1. The third kappa shape index (κ3) is 4.52. The summed E-state index contributed by atoms with van der Waals surface area (Å²) < 4.78 is 0. The Labute approximate surface area is 92.4 Å². The molecule has 0 saturated carbocycles. The van der Waals surface area contributed by atoms with Crippen molar-refractivity contribution in [1.29, 1.82) is 0 Å². The van der Waals surface area contributed by atoms with Crippen LogP contribution in [0.25, 0.3) is 0 Å². The molecule has 0 amide bonds. The SMILES string of the molecule is C=C(CC)Sc1ccccc1C.CC. The molecule has 0 aliphatic rings. The summed E-state index contributed by atoms with van der Waals surface area (Å²) in [5, 5.41) is 0. The van der Waals surface area contributed by atoms with Crippen LogP contribution in [0.4, 0.5) is 0 Å². The molecule has 1 rings (SSSR count). The van der Waals surface area contributed by atoms with Gasteiger partial charge in [-0.25, -0.2) is 0 Å². The Balaban J connectivity index is 0.000000791. The Bertz CT molecular complexity index is 276. The first-order valence-corrected chi connectivity index (χ1v) is 5.97. The van der Waals surface area contributed by atoms with Gasteiger partial charge < -0.3 is 0 Å². The molecule has 0 spiro atoms. The van der Waals surface area contributed by atoms with Crippen LogP contribution in [0, 0.1) is 6.92 Å². The van der Waals surface area contributed by atoms with Crippen molar-refractivity contribution in [2.75, 3.05) is 0 Å². The van der Waals surface area contributed by atoms with Crippen molar-refractivity contribution >= 4 is 11.8 Å². The van der Waals surface area contributed by atoms with Crippen LogP contribution in [0.15, 0.2) is 40.6 Å². The van der Waals surface area contributed by atoms with E-state index in [9.17, 15) is 0 Å². The topological polar surface area (TPSA) is 0 Å². The van der Waals surface area contributed by atoms with Gasteiger partial charge in [0.1, 0.15) is 0 Å². The summed E-state index contributed by atoms with van der Waals surface area (Å²) >= 11 is 1.78. The van der Waals surface area contributed by atoms with E-state index < -0.39 is 0 Å². The van der Waals surface area contributed by atoms with Gasteiger partial charge in [-0.1, -0.05) is 57.3 Å². The normalized spacial score (nSPS) is 8.86. The number of aryl methyl sites for hydroxylation is 1. The van der Waals surface area contributed by atoms with Crippen LogP contribution in [0.1, 0.15) is 32.8 Å². The fourth-order valence-corrected chi connectivity index (χ4v) is 1.73. The molecule has 0 saturated heterocycles. The van der Waals surface area contributed by atoms with Crippen molar-refractivity contribution in [3.05, 3.63) is 41.3 Å². The van der Waals surface area contributed by atoms with Crippen molar-refractivity contribution in [1.82, 2.24) is 0 Å². The molecule has 1 heteroatoms. The van der Waals surface area contributed by atoms with E-state index in [0.717, 1.165) is 6.42 Å². The van der Waals surface area contributed by atoms with Gasteiger partial charge >= 0.3 is 0 Å². The standard InChI is InChI=1S/C11H14S.C2H6/c1-4-10(3)12-11-8-6-5-7-9(11)2;1-2/h5-8H,3-4H2,1-2H3;1-2H3. The molecule has 0 atom stereocenters. The third-order valence-electron chi connectivity index (χ3n) is 1.74. The predicted octanol–water partition coefficient (Wildman–Crippen LogP) is 5.04. The number of benzene rings is 1. The summed E-state index contributed by atoms with van der Waals surface area (Å²) in [6.45, 7) is 12.2.